The van der Waals surface area contributed by atoms with E-state index in [4.69, 9.17) is 9.26 Å². The Morgan fingerprint density at radius 1 is 1.07 bits per heavy atom. The summed E-state index contributed by atoms with van der Waals surface area (Å²) >= 11 is 0. The summed E-state index contributed by atoms with van der Waals surface area (Å²) < 4.78 is 14.0. The van der Waals surface area contributed by atoms with Gasteiger partial charge in [0.05, 0.1) is 11.3 Å². The number of pyridine rings is 1. The quantitative estimate of drug-likeness (QED) is 0.450. The standard InChI is InChI=1S/C17H13N9O2/c1-25-10-19-14(22-25)9-27-17-11(12-4-2-3-6-18-12)8-15-20-21-16(26(15)23-17)13-5-7-28-24-13/h2-8,10H,9H2,1H3. The molecule has 0 spiro atoms. The third-order valence-corrected chi connectivity index (χ3v) is 3.95. The third kappa shape index (κ3) is 2.84. The summed E-state index contributed by atoms with van der Waals surface area (Å²) in [6.45, 7) is 0.153. The van der Waals surface area contributed by atoms with Gasteiger partial charge in [0.25, 0.3) is 0 Å². The third-order valence-electron chi connectivity index (χ3n) is 3.95. The van der Waals surface area contributed by atoms with Crippen LogP contribution < -0.4 is 4.74 Å². The van der Waals surface area contributed by atoms with Crippen LogP contribution in [0.25, 0.3) is 28.4 Å². The van der Waals surface area contributed by atoms with Crippen molar-refractivity contribution in [3.05, 3.63) is 54.9 Å². The molecule has 0 radical (unpaired) electrons. The first-order valence-electron chi connectivity index (χ1n) is 8.34. The molecule has 28 heavy (non-hydrogen) atoms. The number of hydrogen-bond acceptors (Lipinski definition) is 9. The Labute approximate surface area is 157 Å². The first-order chi connectivity index (χ1) is 13.8. The van der Waals surface area contributed by atoms with Gasteiger partial charge in [0, 0.05) is 19.3 Å². The van der Waals surface area contributed by atoms with E-state index in [1.54, 1.807) is 34.8 Å². The Morgan fingerprint density at radius 3 is 2.79 bits per heavy atom. The zero-order chi connectivity index (χ0) is 18.9. The second kappa shape index (κ2) is 6.54. The molecule has 0 amide bonds. The predicted octanol–water partition coefficient (Wildman–Crippen LogP) is 1.55. The van der Waals surface area contributed by atoms with Crippen LogP contribution >= 0.6 is 0 Å². The highest BCUT2D eigenvalue weighted by molar-refractivity contribution is 5.69. The fraction of sp³-hybridized carbons (Fsp3) is 0.118. The molecule has 0 aliphatic heterocycles. The zero-order valence-corrected chi connectivity index (χ0v) is 14.7. The zero-order valence-electron chi connectivity index (χ0n) is 14.7. The maximum Gasteiger partial charge on any atom is 0.241 e. The SMILES string of the molecule is Cn1cnc(COc2nn3c(-c4ccon4)nnc3cc2-c2ccccn2)n1. The average Bonchev–Trinajstić information content (AvgIpc) is 3.47. The van der Waals surface area contributed by atoms with Crippen LogP contribution in [0.5, 0.6) is 5.88 Å². The normalized spacial score (nSPS) is 11.2. The van der Waals surface area contributed by atoms with Gasteiger partial charge in [-0.05, 0) is 18.2 Å². The van der Waals surface area contributed by atoms with E-state index >= 15 is 0 Å². The second-order valence-corrected chi connectivity index (χ2v) is 5.88. The van der Waals surface area contributed by atoms with Gasteiger partial charge in [-0.25, -0.2) is 4.98 Å². The van der Waals surface area contributed by atoms with Crippen molar-refractivity contribution in [3.63, 3.8) is 0 Å². The van der Waals surface area contributed by atoms with E-state index in [-0.39, 0.29) is 6.61 Å². The largest absolute Gasteiger partial charge is 0.468 e. The first kappa shape index (κ1) is 16.1. The molecule has 0 aliphatic carbocycles. The van der Waals surface area contributed by atoms with Crippen LogP contribution in [0.4, 0.5) is 0 Å². The summed E-state index contributed by atoms with van der Waals surface area (Å²) in [6, 6.07) is 9.10. The van der Waals surface area contributed by atoms with Gasteiger partial charge in [-0.1, -0.05) is 11.2 Å². The molecule has 0 atom stereocenters. The van der Waals surface area contributed by atoms with Crippen molar-refractivity contribution in [3.8, 4) is 28.7 Å². The Morgan fingerprint density at radius 2 is 2.04 bits per heavy atom. The number of rotatable bonds is 5. The van der Waals surface area contributed by atoms with E-state index in [1.807, 2.05) is 24.3 Å². The van der Waals surface area contributed by atoms with Gasteiger partial charge >= 0.3 is 0 Å². The number of nitrogens with zero attached hydrogens (tertiary/aromatic N) is 9. The van der Waals surface area contributed by atoms with Gasteiger partial charge in [0.1, 0.15) is 12.6 Å². The first-order valence-corrected chi connectivity index (χ1v) is 8.34. The molecule has 5 aromatic rings. The van der Waals surface area contributed by atoms with Crippen LogP contribution in [0.3, 0.4) is 0 Å². The molecule has 5 aromatic heterocycles. The van der Waals surface area contributed by atoms with Crippen molar-refractivity contribution in [2.24, 2.45) is 7.05 Å². The number of aryl methyl sites for hydroxylation is 1. The fourth-order valence-electron chi connectivity index (χ4n) is 2.70. The van der Waals surface area contributed by atoms with Crippen LogP contribution in [-0.4, -0.2) is 44.7 Å². The summed E-state index contributed by atoms with van der Waals surface area (Å²) in [7, 11) is 1.79. The lowest BCUT2D eigenvalue weighted by Crippen LogP contribution is -2.06. The molecule has 11 nitrogen and oxygen atoms in total. The van der Waals surface area contributed by atoms with Gasteiger partial charge in [0.2, 0.25) is 11.7 Å². The molecule has 138 valence electrons. The van der Waals surface area contributed by atoms with Crippen molar-refractivity contribution < 1.29 is 9.26 Å². The summed E-state index contributed by atoms with van der Waals surface area (Å²) in [4.78, 5) is 8.57. The molecule has 0 saturated heterocycles. The minimum absolute atomic E-state index is 0.153. The number of ether oxygens (including phenoxy) is 1. The summed E-state index contributed by atoms with van der Waals surface area (Å²) in [6.07, 6.45) is 4.77. The van der Waals surface area contributed by atoms with E-state index in [0.29, 0.717) is 40.1 Å². The highest BCUT2D eigenvalue weighted by Crippen LogP contribution is 2.29. The Kier molecular flexibility index (Phi) is 3.75. The molecule has 5 heterocycles. The molecule has 11 heteroatoms. The number of fused-ring (bicyclic) bond motifs is 1. The molecule has 0 N–H and O–H groups in total. The molecule has 5 rings (SSSR count). The van der Waals surface area contributed by atoms with Crippen molar-refractivity contribution >= 4 is 5.65 Å². The van der Waals surface area contributed by atoms with Crippen LogP contribution in [0.2, 0.25) is 0 Å². The molecule has 0 unspecified atom stereocenters. The fourth-order valence-corrected chi connectivity index (χ4v) is 2.70. The van der Waals surface area contributed by atoms with Crippen molar-refractivity contribution in [1.29, 1.82) is 0 Å². The molecule has 0 aromatic carbocycles. The van der Waals surface area contributed by atoms with Crippen LogP contribution in [0, 0.1) is 0 Å². The highest BCUT2D eigenvalue weighted by Gasteiger charge is 2.18. The molecule has 0 fully saturated rings. The monoisotopic (exact) mass is 375 g/mol. The van der Waals surface area contributed by atoms with Crippen molar-refractivity contribution in [1.82, 2.24) is 44.7 Å². The number of aromatic nitrogens is 9. The summed E-state index contributed by atoms with van der Waals surface area (Å²) in [5, 5.41) is 21.0. The van der Waals surface area contributed by atoms with E-state index < -0.39 is 0 Å². The minimum Gasteiger partial charge on any atom is -0.468 e. The summed E-state index contributed by atoms with van der Waals surface area (Å²) in [5.74, 6) is 1.33. The Balaban J connectivity index is 1.62. The lowest BCUT2D eigenvalue weighted by Gasteiger charge is -2.09. The Bertz CT molecular complexity index is 1230. The Hall–Kier alpha value is -4.15. The lowest BCUT2D eigenvalue weighted by atomic mass is 10.2. The van der Waals surface area contributed by atoms with Crippen molar-refractivity contribution in [2.75, 3.05) is 0 Å². The highest BCUT2D eigenvalue weighted by atomic mass is 16.5. The van der Waals surface area contributed by atoms with Crippen molar-refractivity contribution in [2.45, 2.75) is 6.61 Å². The number of hydrogen-bond donors (Lipinski definition) is 0. The van der Waals surface area contributed by atoms with Gasteiger partial charge in [-0.3, -0.25) is 9.67 Å². The summed E-state index contributed by atoms with van der Waals surface area (Å²) in [5.41, 5.74) is 2.43. The van der Waals surface area contributed by atoms with Crippen LogP contribution in [0.1, 0.15) is 5.82 Å². The van der Waals surface area contributed by atoms with E-state index in [9.17, 15) is 0 Å². The molecule has 0 saturated carbocycles. The van der Waals surface area contributed by atoms with Crippen LogP contribution in [-0.2, 0) is 13.7 Å². The van der Waals surface area contributed by atoms with Gasteiger partial charge < -0.3 is 9.26 Å². The van der Waals surface area contributed by atoms with E-state index in [1.165, 1.54) is 6.26 Å². The molecular weight excluding hydrogens is 362 g/mol. The maximum atomic E-state index is 5.93. The van der Waals surface area contributed by atoms with E-state index in [2.05, 4.69) is 35.5 Å². The average molecular weight is 375 g/mol. The predicted molar refractivity (Wildman–Crippen MR) is 94.8 cm³/mol. The van der Waals surface area contributed by atoms with Gasteiger partial charge in [0.15, 0.2) is 23.8 Å². The van der Waals surface area contributed by atoms with Gasteiger partial charge in [-0.2, -0.15) is 9.61 Å². The van der Waals surface area contributed by atoms with E-state index in [0.717, 1.165) is 0 Å². The topological polar surface area (TPSA) is 122 Å². The lowest BCUT2D eigenvalue weighted by molar-refractivity contribution is 0.280. The maximum absolute atomic E-state index is 5.93. The van der Waals surface area contributed by atoms with Gasteiger partial charge in [-0.15, -0.1) is 15.3 Å². The van der Waals surface area contributed by atoms with Crippen LogP contribution in [0.15, 0.2) is 53.6 Å². The minimum atomic E-state index is 0.153. The molecule has 0 aliphatic rings. The molecule has 0 bridgehead atoms. The second-order valence-electron chi connectivity index (χ2n) is 5.88. The molecular formula is C17H13N9O2. The smallest absolute Gasteiger partial charge is 0.241 e.